The Balaban J connectivity index is 2.19. The van der Waals surface area contributed by atoms with Gasteiger partial charge in [-0.05, 0) is 30.7 Å². The lowest BCUT2D eigenvalue weighted by Crippen LogP contribution is -1.97. The summed E-state index contributed by atoms with van der Waals surface area (Å²) in [5.41, 5.74) is 1.71. The van der Waals surface area contributed by atoms with Crippen molar-refractivity contribution in [1.29, 1.82) is 0 Å². The standard InChI is InChI=1S/C11H9BrN2O3/c1-6-4-7(2-3-8(6)12)13-11-14-9(5-17-11)10(15)16/h2-5H,1H3,(H,13,14)(H,15,16). The van der Waals surface area contributed by atoms with Crippen LogP contribution in [0.4, 0.5) is 11.7 Å². The molecule has 5 nitrogen and oxygen atoms in total. The van der Waals surface area contributed by atoms with Crippen molar-refractivity contribution in [2.75, 3.05) is 5.32 Å². The van der Waals surface area contributed by atoms with Crippen LogP contribution in [-0.4, -0.2) is 16.1 Å². The molecule has 0 atom stereocenters. The van der Waals surface area contributed by atoms with Crippen LogP contribution in [-0.2, 0) is 0 Å². The van der Waals surface area contributed by atoms with E-state index in [4.69, 9.17) is 9.52 Å². The van der Waals surface area contributed by atoms with Crippen LogP contribution in [0.5, 0.6) is 0 Å². The molecule has 0 unspecified atom stereocenters. The third-order valence-corrected chi connectivity index (χ3v) is 3.02. The maximum atomic E-state index is 10.6. The van der Waals surface area contributed by atoms with E-state index in [0.29, 0.717) is 0 Å². The van der Waals surface area contributed by atoms with Gasteiger partial charge in [0.1, 0.15) is 6.26 Å². The molecule has 1 aromatic heterocycles. The van der Waals surface area contributed by atoms with Crippen LogP contribution >= 0.6 is 15.9 Å². The van der Waals surface area contributed by atoms with Gasteiger partial charge in [0.15, 0.2) is 5.69 Å². The first-order valence-corrected chi connectivity index (χ1v) is 5.57. The van der Waals surface area contributed by atoms with E-state index >= 15 is 0 Å². The monoisotopic (exact) mass is 296 g/mol. The van der Waals surface area contributed by atoms with Crippen LogP contribution in [0.2, 0.25) is 0 Å². The summed E-state index contributed by atoms with van der Waals surface area (Å²) in [4.78, 5) is 14.4. The normalized spacial score (nSPS) is 10.2. The second-order valence-corrected chi connectivity index (χ2v) is 4.29. The molecule has 0 saturated heterocycles. The summed E-state index contributed by atoms with van der Waals surface area (Å²) in [7, 11) is 0. The number of rotatable bonds is 3. The quantitative estimate of drug-likeness (QED) is 0.910. The van der Waals surface area contributed by atoms with Gasteiger partial charge in [-0.2, -0.15) is 4.98 Å². The molecule has 6 heteroatoms. The molecule has 0 aliphatic rings. The number of aryl methyl sites for hydroxylation is 1. The van der Waals surface area contributed by atoms with Crippen molar-refractivity contribution in [2.24, 2.45) is 0 Å². The molecule has 0 aliphatic heterocycles. The molecule has 2 aromatic rings. The maximum Gasteiger partial charge on any atom is 0.357 e. The lowest BCUT2D eigenvalue weighted by atomic mass is 10.2. The third-order valence-electron chi connectivity index (χ3n) is 2.13. The highest BCUT2D eigenvalue weighted by molar-refractivity contribution is 9.10. The molecular weight excluding hydrogens is 288 g/mol. The summed E-state index contributed by atoms with van der Waals surface area (Å²) >= 11 is 3.39. The lowest BCUT2D eigenvalue weighted by Gasteiger charge is -2.03. The Morgan fingerprint density at radius 3 is 2.88 bits per heavy atom. The van der Waals surface area contributed by atoms with Gasteiger partial charge in [0.05, 0.1) is 0 Å². The van der Waals surface area contributed by atoms with Gasteiger partial charge in [0, 0.05) is 10.2 Å². The number of halogens is 1. The topological polar surface area (TPSA) is 75.4 Å². The number of oxazole rings is 1. The summed E-state index contributed by atoms with van der Waals surface area (Å²) in [5, 5.41) is 11.6. The first kappa shape index (κ1) is 11.7. The second kappa shape index (κ2) is 4.58. The van der Waals surface area contributed by atoms with Crippen molar-refractivity contribution in [3.05, 3.63) is 40.2 Å². The second-order valence-electron chi connectivity index (χ2n) is 3.43. The summed E-state index contributed by atoms with van der Waals surface area (Å²) in [5.74, 6) is -1.12. The number of anilines is 2. The minimum atomic E-state index is -1.12. The van der Waals surface area contributed by atoms with Gasteiger partial charge < -0.3 is 14.8 Å². The van der Waals surface area contributed by atoms with Gasteiger partial charge in [0.2, 0.25) is 0 Å². The number of carboxylic acids is 1. The van der Waals surface area contributed by atoms with E-state index < -0.39 is 5.97 Å². The number of hydrogen-bond donors (Lipinski definition) is 2. The smallest absolute Gasteiger partial charge is 0.357 e. The van der Waals surface area contributed by atoms with Crippen molar-refractivity contribution in [2.45, 2.75) is 6.92 Å². The zero-order valence-electron chi connectivity index (χ0n) is 8.90. The fraction of sp³-hybridized carbons (Fsp3) is 0.0909. The van der Waals surface area contributed by atoms with Crippen molar-refractivity contribution in [3.8, 4) is 0 Å². The molecule has 0 radical (unpaired) electrons. The van der Waals surface area contributed by atoms with E-state index in [2.05, 4.69) is 26.2 Å². The Kier molecular flexibility index (Phi) is 3.14. The van der Waals surface area contributed by atoms with Crippen molar-refractivity contribution in [3.63, 3.8) is 0 Å². The molecule has 0 fully saturated rings. The van der Waals surface area contributed by atoms with Gasteiger partial charge in [-0.15, -0.1) is 0 Å². The number of hydrogen-bond acceptors (Lipinski definition) is 4. The molecule has 0 amide bonds. The number of aromatic carboxylic acids is 1. The average Bonchev–Trinajstić information content (AvgIpc) is 2.72. The summed E-state index contributed by atoms with van der Waals surface area (Å²) in [6.45, 7) is 1.95. The fourth-order valence-electron chi connectivity index (χ4n) is 1.28. The van der Waals surface area contributed by atoms with Gasteiger partial charge in [-0.25, -0.2) is 4.79 Å². The Hall–Kier alpha value is -1.82. The van der Waals surface area contributed by atoms with Crippen LogP contribution in [0.25, 0.3) is 0 Å². The number of aromatic nitrogens is 1. The number of carbonyl (C=O) groups is 1. The lowest BCUT2D eigenvalue weighted by molar-refractivity contribution is 0.0690. The Bertz CT molecular complexity index is 566. The molecule has 17 heavy (non-hydrogen) atoms. The van der Waals surface area contributed by atoms with E-state index in [1.54, 1.807) is 0 Å². The molecule has 0 saturated carbocycles. The number of nitrogens with zero attached hydrogens (tertiary/aromatic N) is 1. The maximum absolute atomic E-state index is 10.6. The third kappa shape index (κ3) is 2.65. The predicted octanol–water partition coefficient (Wildman–Crippen LogP) is 3.19. The largest absolute Gasteiger partial charge is 0.476 e. The van der Waals surface area contributed by atoms with Crippen LogP contribution in [0.15, 0.2) is 33.4 Å². The highest BCUT2D eigenvalue weighted by Gasteiger charge is 2.10. The summed E-state index contributed by atoms with van der Waals surface area (Å²) in [6.07, 6.45) is 1.09. The minimum Gasteiger partial charge on any atom is -0.476 e. The van der Waals surface area contributed by atoms with E-state index in [0.717, 1.165) is 22.0 Å². The van der Waals surface area contributed by atoms with Crippen molar-refractivity contribution < 1.29 is 14.3 Å². The van der Waals surface area contributed by atoms with E-state index in [1.165, 1.54) is 0 Å². The first-order valence-electron chi connectivity index (χ1n) is 4.78. The number of benzene rings is 1. The van der Waals surface area contributed by atoms with Crippen LogP contribution in [0, 0.1) is 6.92 Å². The molecule has 0 spiro atoms. The average molecular weight is 297 g/mol. The molecule has 2 N–H and O–H groups in total. The fourth-order valence-corrected chi connectivity index (χ4v) is 1.52. The minimum absolute atomic E-state index is 0.124. The zero-order valence-corrected chi connectivity index (χ0v) is 10.5. The first-order chi connectivity index (χ1) is 8.06. The predicted molar refractivity (Wildman–Crippen MR) is 65.6 cm³/mol. The summed E-state index contributed by atoms with van der Waals surface area (Å²) in [6, 6.07) is 5.78. The molecule has 1 heterocycles. The van der Waals surface area contributed by atoms with Crippen LogP contribution in [0.3, 0.4) is 0 Å². The van der Waals surface area contributed by atoms with Crippen molar-refractivity contribution in [1.82, 2.24) is 4.98 Å². The van der Waals surface area contributed by atoms with Gasteiger partial charge in [-0.1, -0.05) is 15.9 Å². The highest BCUT2D eigenvalue weighted by atomic mass is 79.9. The number of carboxylic acid groups (broad SMARTS) is 1. The SMILES string of the molecule is Cc1cc(Nc2nc(C(=O)O)co2)ccc1Br. The molecule has 0 aliphatic carbocycles. The van der Waals surface area contributed by atoms with Gasteiger partial charge in [0.25, 0.3) is 6.01 Å². The van der Waals surface area contributed by atoms with Crippen LogP contribution < -0.4 is 5.32 Å². The van der Waals surface area contributed by atoms with Gasteiger partial charge >= 0.3 is 5.97 Å². The van der Waals surface area contributed by atoms with Crippen LogP contribution in [0.1, 0.15) is 16.1 Å². The molecule has 1 aromatic carbocycles. The summed E-state index contributed by atoms with van der Waals surface area (Å²) < 4.78 is 5.99. The Morgan fingerprint density at radius 1 is 1.53 bits per heavy atom. The molecule has 0 bridgehead atoms. The van der Waals surface area contributed by atoms with Gasteiger partial charge in [-0.3, -0.25) is 0 Å². The Morgan fingerprint density at radius 2 is 2.29 bits per heavy atom. The molecule has 2 rings (SSSR count). The van der Waals surface area contributed by atoms with E-state index in [9.17, 15) is 4.79 Å². The highest BCUT2D eigenvalue weighted by Crippen LogP contribution is 2.22. The zero-order chi connectivity index (χ0) is 12.4. The van der Waals surface area contributed by atoms with Crippen molar-refractivity contribution >= 4 is 33.6 Å². The molecular formula is C11H9BrN2O3. The Labute approximate surface area is 106 Å². The number of nitrogens with one attached hydrogen (secondary N) is 1. The van der Waals surface area contributed by atoms with E-state index in [-0.39, 0.29) is 11.7 Å². The van der Waals surface area contributed by atoms with E-state index in [1.807, 2.05) is 25.1 Å². The molecule has 88 valence electrons.